The van der Waals surface area contributed by atoms with Crippen molar-refractivity contribution in [1.29, 1.82) is 0 Å². The van der Waals surface area contributed by atoms with Crippen LogP contribution in [0.15, 0.2) is 54.9 Å². The molecule has 1 atom stereocenters. The Balaban J connectivity index is 1.46. The number of fused-ring (bicyclic) bond motifs is 1. The van der Waals surface area contributed by atoms with Gasteiger partial charge in [-0.2, -0.15) is 5.10 Å². The van der Waals surface area contributed by atoms with E-state index >= 15 is 0 Å². The van der Waals surface area contributed by atoms with Crippen LogP contribution in [0.3, 0.4) is 0 Å². The normalized spacial score (nSPS) is 17.6. The summed E-state index contributed by atoms with van der Waals surface area (Å²) < 4.78 is 0. The van der Waals surface area contributed by atoms with Crippen molar-refractivity contribution in [2.75, 3.05) is 13.1 Å². The Hall–Kier alpha value is -2.82. The molecule has 1 fully saturated rings. The lowest BCUT2D eigenvalue weighted by Gasteiger charge is -2.32. The van der Waals surface area contributed by atoms with Gasteiger partial charge in [0.15, 0.2) is 5.69 Å². The van der Waals surface area contributed by atoms with Gasteiger partial charge in [0.25, 0.3) is 5.91 Å². The number of rotatable bonds is 3. The van der Waals surface area contributed by atoms with Crippen molar-refractivity contribution in [2.45, 2.75) is 19.3 Å². The third kappa shape index (κ3) is 3.50. The first-order chi connectivity index (χ1) is 12.3. The summed E-state index contributed by atoms with van der Waals surface area (Å²) in [4.78, 5) is 18.9. The van der Waals surface area contributed by atoms with E-state index in [0.717, 1.165) is 37.9 Å². The Morgan fingerprint density at radius 3 is 2.96 bits per heavy atom. The Morgan fingerprint density at radius 2 is 2.08 bits per heavy atom. The second-order valence-electron chi connectivity index (χ2n) is 6.60. The Bertz CT molecular complexity index is 881. The lowest BCUT2D eigenvalue weighted by molar-refractivity contribution is 0.0666. The number of benzene rings is 1. The van der Waals surface area contributed by atoms with Gasteiger partial charge in [-0.15, -0.1) is 5.10 Å². The molecule has 0 radical (unpaired) electrons. The molecule has 0 bridgehead atoms. The topological polar surface area (TPSA) is 59.0 Å². The number of carbonyl (C=O) groups excluding carboxylic acids is 1. The summed E-state index contributed by atoms with van der Waals surface area (Å²) in [7, 11) is 0. The smallest absolute Gasteiger partial charge is 0.274 e. The molecule has 1 aromatic carbocycles. The molecular weight excluding hydrogens is 312 g/mol. The molecule has 126 valence electrons. The van der Waals surface area contributed by atoms with Crippen LogP contribution in [-0.2, 0) is 6.42 Å². The Morgan fingerprint density at radius 1 is 1.16 bits per heavy atom. The molecule has 0 saturated carbocycles. The highest BCUT2D eigenvalue weighted by Crippen LogP contribution is 2.23. The molecule has 3 aromatic rings. The fourth-order valence-corrected chi connectivity index (χ4v) is 3.58. The minimum Gasteiger partial charge on any atom is -0.337 e. The lowest BCUT2D eigenvalue weighted by Crippen LogP contribution is -2.40. The maximum absolute atomic E-state index is 12.6. The van der Waals surface area contributed by atoms with Crippen LogP contribution < -0.4 is 0 Å². The fourth-order valence-electron chi connectivity index (χ4n) is 3.58. The van der Waals surface area contributed by atoms with Gasteiger partial charge < -0.3 is 4.90 Å². The fraction of sp³-hybridized carbons (Fsp3) is 0.300. The van der Waals surface area contributed by atoms with Crippen LogP contribution in [0.2, 0.25) is 0 Å². The van der Waals surface area contributed by atoms with Gasteiger partial charge in [0.05, 0.1) is 5.52 Å². The summed E-state index contributed by atoms with van der Waals surface area (Å²) in [6, 6.07) is 14.0. The van der Waals surface area contributed by atoms with Gasteiger partial charge >= 0.3 is 0 Å². The second-order valence-corrected chi connectivity index (χ2v) is 6.60. The predicted octanol–water partition coefficient (Wildman–Crippen LogP) is 3.12. The van der Waals surface area contributed by atoms with Crippen LogP contribution in [0.1, 0.15) is 28.9 Å². The summed E-state index contributed by atoms with van der Waals surface area (Å²) in [5.74, 6) is 0.462. The standard InChI is InChI=1S/C20H20N4O/c25-20(19-6-2-10-22-23-19)24-11-3-4-16(14-24)12-15-7-8-18-17(13-15)5-1-9-21-18/h1-2,5-10,13,16H,3-4,11-12,14H2/t16-/m1/s1. The molecule has 0 N–H and O–H groups in total. The van der Waals surface area contributed by atoms with Crippen LogP contribution in [0.5, 0.6) is 0 Å². The summed E-state index contributed by atoms with van der Waals surface area (Å²) in [5.41, 5.74) is 2.76. The minimum atomic E-state index is -0.0134. The van der Waals surface area contributed by atoms with Crippen LogP contribution >= 0.6 is 0 Å². The molecule has 1 aliphatic rings. The maximum atomic E-state index is 12.6. The van der Waals surface area contributed by atoms with Crippen molar-refractivity contribution in [3.05, 3.63) is 66.1 Å². The molecule has 5 heteroatoms. The van der Waals surface area contributed by atoms with E-state index in [9.17, 15) is 4.79 Å². The summed E-state index contributed by atoms with van der Waals surface area (Å²) in [6.07, 6.45) is 6.57. The number of amides is 1. The van der Waals surface area contributed by atoms with Crippen LogP contribution in [0, 0.1) is 5.92 Å². The zero-order valence-electron chi connectivity index (χ0n) is 14.0. The number of likely N-dealkylation sites (tertiary alicyclic amines) is 1. The predicted molar refractivity (Wildman–Crippen MR) is 96.1 cm³/mol. The highest BCUT2D eigenvalue weighted by Gasteiger charge is 2.25. The third-order valence-corrected chi connectivity index (χ3v) is 4.79. The van der Waals surface area contributed by atoms with Crippen LogP contribution in [0.25, 0.3) is 10.9 Å². The van der Waals surface area contributed by atoms with Crippen molar-refractivity contribution in [1.82, 2.24) is 20.1 Å². The first kappa shape index (κ1) is 15.7. The highest BCUT2D eigenvalue weighted by atomic mass is 16.2. The van der Waals surface area contributed by atoms with E-state index in [1.165, 1.54) is 10.9 Å². The van der Waals surface area contributed by atoms with Gasteiger partial charge in [0.1, 0.15) is 0 Å². The molecular formula is C20H20N4O. The van der Waals surface area contributed by atoms with Crippen LogP contribution in [-0.4, -0.2) is 39.1 Å². The minimum absolute atomic E-state index is 0.0134. The molecule has 1 aliphatic heterocycles. The van der Waals surface area contributed by atoms with Gasteiger partial charge in [-0.1, -0.05) is 12.1 Å². The third-order valence-electron chi connectivity index (χ3n) is 4.79. The van der Waals surface area contributed by atoms with Crippen molar-refractivity contribution < 1.29 is 4.79 Å². The van der Waals surface area contributed by atoms with Gasteiger partial charge in [-0.25, -0.2) is 0 Å². The molecule has 1 saturated heterocycles. The molecule has 0 unspecified atom stereocenters. The first-order valence-corrected chi connectivity index (χ1v) is 8.70. The molecule has 1 amide bonds. The number of hydrogen-bond acceptors (Lipinski definition) is 4. The number of carbonyl (C=O) groups is 1. The van der Waals surface area contributed by atoms with Crippen LogP contribution in [0.4, 0.5) is 0 Å². The number of hydrogen-bond donors (Lipinski definition) is 0. The Labute approximate surface area is 146 Å². The van der Waals surface area contributed by atoms with E-state index in [2.05, 4.69) is 39.4 Å². The second kappa shape index (κ2) is 6.97. The average molecular weight is 332 g/mol. The van der Waals surface area contributed by atoms with Crippen molar-refractivity contribution in [3.8, 4) is 0 Å². The molecule has 0 spiro atoms. The Kier molecular flexibility index (Phi) is 4.37. The average Bonchev–Trinajstić information content (AvgIpc) is 2.68. The maximum Gasteiger partial charge on any atom is 0.274 e. The zero-order valence-corrected chi connectivity index (χ0v) is 14.0. The van der Waals surface area contributed by atoms with E-state index < -0.39 is 0 Å². The van der Waals surface area contributed by atoms with Gasteiger partial charge in [-0.3, -0.25) is 9.78 Å². The highest BCUT2D eigenvalue weighted by molar-refractivity contribution is 5.92. The number of pyridine rings is 1. The molecule has 25 heavy (non-hydrogen) atoms. The molecule has 5 nitrogen and oxygen atoms in total. The summed E-state index contributed by atoms with van der Waals surface area (Å²) >= 11 is 0. The van der Waals surface area contributed by atoms with E-state index in [-0.39, 0.29) is 5.91 Å². The van der Waals surface area contributed by atoms with E-state index in [4.69, 9.17) is 0 Å². The first-order valence-electron chi connectivity index (χ1n) is 8.70. The largest absolute Gasteiger partial charge is 0.337 e. The summed E-state index contributed by atoms with van der Waals surface area (Å²) in [5, 5.41) is 8.93. The number of nitrogens with zero attached hydrogens (tertiary/aromatic N) is 4. The van der Waals surface area contributed by atoms with E-state index in [1.807, 2.05) is 17.2 Å². The van der Waals surface area contributed by atoms with E-state index in [1.54, 1.807) is 18.3 Å². The summed E-state index contributed by atoms with van der Waals surface area (Å²) in [6.45, 7) is 1.58. The molecule has 4 rings (SSSR count). The number of piperidine rings is 1. The van der Waals surface area contributed by atoms with Crippen molar-refractivity contribution >= 4 is 16.8 Å². The number of aromatic nitrogens is 3. The molecule has 3 heterocycles. The SMILES string of the molecule is O=C(c1cccnn1)N1CCC[C@H](Cc2ccc3ncccc3c2)C1. The molecule has 2 aromatic heterocycles. The van der Waals surface area contributed by atoms with E-state index in [0.29, 0.717) is 11.6 Å². The van der Waals surface area contributed by atoms with Crippen molar-refractivity contribution in [2.24, 2.45) is 5.92 Å². The van der Waals surface area contributed by atoms with Gasteiger partial charge in [0.2, 0.25) is 0 Å². The van der Waals surface area contributed by atoms with Gasteiger partial charge in [0, 0.05) is 30.9 Å². The van der Waals surface area contributed by atoms with Crippen molar-refractivity contribution in [3.63, 3.8) is 0 Å². The zero-order chi connectivity index (χ0) is 17.1. The lowest BCUT2D eigenvalue weighted by atomic mass is 9.90. The van der Waals surface area contributed by atoms with Gasteiger partial charge in [-0.05, 0) is 61.1 Å². The molecule has 0 aliphatic carbocycles. The quantitative estimate of drug-likeness (QED) is 0.739. The monoisotopic (exact) mass is 332 g/mol.